The van der Waals surface area contributed by atoms with E-state index in [-0.39, 0.29) is 18.4 Å². The van der Waals surface area contributed by atoms with Crippen LogP contribution in [0.1, 0.15) is 15.9 Å². The highest BCUT2D eigenvalue weighted by Crippen LogP contribution is 2.25. The maximum absolute atomic E-state index is 12.2. The van der Waals surface area contributed by atoms with Crippen LogP contribution in [0.4, 0.5) is 5.69 Å². The van der Waals surface area contributed by atoms with Crippen LogP contribution in [0.15, 0.2) is 74.7 Å². The minimum absolute atomic E-state index is 0.242. The Morgan fingerprint density at radius 1 is 0.938 bits per heavy atom. The van der Waals surface area contributed by atoms with Gasteiger partial charge in [-0.15, -0.1) is 0 Å². The fraction of sp³-hybridized carbons (Fsp3) is 0.0455. The highest BCUT2D eigenvalue weighted by atomic mass is 79.9. The highest BCUT2D eigenvalue weighted by molar-refractivity contribution is 9.10. The standard InChI is InChI=1S/C22H15Br2Cl2N3O3/c23-15-3-1-13(2-4-15)22(31)29-27-11-14-9-16(24)5-8-20(14)32-12-21(30)28-17-6-7-18(25)19(26)10-17/h1-11H,12H2,(H,28,30)(H,29,31)/b27-11+. The lowest BCUT2D eigenvalue weighted by Gasteiger charge is -2.10. The van der Waals surface area contributed by atoms with Gasteiger partial charge in [0.1, 0.15) is 5.75 Å². The molecule has 0 spiro atoms. The summed E-state index contributed by atoms with van der Waals surface area (Å²) in [6.07, 6.45) is 1.44. The summed E-state index contributed by atoms with van der Waals surface area (Å²) >= 11 is 18.5. The molecule has 0 atom stereocenters. The number of benzene rings is 3. The smallest absolute Gasteiger partial charge is 0.271 e. The van der Waals surface area contributed by atoms with Crippen molar-refractivity contribution in [2.75, 3.05) is 11.9 Å². The van der Waals surface area contributed by atoms with Crippen LogP contribution in [0.25, 0.3) is 0 Å². The molecule has 10 heteroatoms. The molecular formula is C22H15Br2Cl2N3O3. The molecule has 0 bridgehead atoms. The lowest BCUT2D eigenvalue weighted by molar-refractivity contribution is -0.118. The molecule has 6 nitrogen and oxygen atoms in total. The first-order valence-electron chi connectivity index (χ1n) is 9.08. The third-order valence-corrected chi connectivity index (χ3v) is 5.77. The van der Waals surface area contributed by atoms with Crippen LogP contribution in [0.3, 0.4) is 0 Å². The van der Waals surface area contributed by atoms with E-state index in [2.05, 4.69) is 47.7 Å². The third kappa shape index (κ3) is 7.06. The summed E-state index contributed by atoms with van der Waals surface area (Å²) in [5.74, 6) is -0.316. The first-order chi connectivity index (χ1) is 15.3. The van der Waals surface area contributed by atoms with Crippen molar-refractivity contribution in [3.63, 3.8) is 0 Å². The normalized spacial score (nSPS) is 10.8. The van der Waals surface area contributed by atoms with Crippen LogP contribution in [-0.4, -0.2) is 24.6 Å². The molecule has 32 heavy (non-hydrogen) atoms. The Morgan fingerprint density at radius 3 is 2.38 bits per heavy atom. The molecule has 0 aromatic heterocycles. The highest BCUT2D eigenvalue weighted by Gasteiger charge is 2.09. The number of carbonyl (C=O) groups is 2. The Hall–Kier alpha value is -2.39. The van der Waals surface area contributed by atoms with E-state index < -0.39 is 0 Å². The zero-order valence-electron chi connectivity index (χ0n) is 16.2. The molecule has 0 fully saturated rings. The number of nitrogens with one attached hydrogen (secondary N) is 2. The summed E-state index contributed by atoms with van der Waals surface area (Å²) in [7, 11) is 0. The first-order valence-corrected chi connectivity index (χ1v) is 11.4. The largest absolute Gasteiger partial charge is 0.483 e. The number of amides is 2. The molecule has 0 heterocycles. The molecule has 164 valence electrons. The summed E-state index contributed by atoms with van der Waals surface area (Å²) < 4.78 is 7.29. The van der Waals surface area contributed by atoms with Crippen molar-refractivity contribution in [2.24, 2.45) is 5.10 Å². The molecule has 0 aliphatic carbocycles. The quantitative estimate of drug-likeness (QED) is 0.247. The van der Waals surface area contributed by atoms with E-state index >= 15 is 0 Å². The number of ether oxygens (including phenoxy) is 1. The lowest BCUT2D eigenvalue weighted by atomic mass is 10.2. The number of hydrazone groups is 1. The number of nitrogens with zero attached hydrogens (tertiary/aromatic N) is 1. The van der Waals surface area contributed by atoms with E-state index in [1.165, 1.54) is 6.21 Å². The van der Waals surface area contributed by atoms with Crippen LogP contribution in [0, 0.1) is 0 Å². The molecule has 0 aliphatic rings. The molecule has 2 N–H and O–H groups in total. The van der Waals surface area contributed by atoms with Crippen molar-refractivity contribution in [1.29, 1.82) is 0 Å². The van der Waals surface area contributed by atoms with Gasteiger partial charge in [-0.05, 0) is 60.7 Å². The zero-order chi connectivity index (χ0) is 23.1. The van der Waals surface area contributed by atoms with E-state index in [4.69, 9.17) is 27.9 Å². The zero-order valence-corrected chi connectivity index (χ0v) is 20.9. The Bertz CT molecular complexity index is 1170. The van der Waals surface area contributed by atoms with E-state index in [1.807, 2.05) is 0 Å². The van der Waals surface area contributed by atoms with Gasteiger partial charge >= 0.3 is 0 Å². The van der Waals surface area contributed by atoms with E-state index in [0.717, 1.165) is 8.95 Å². The van der Waals surface area contributed by atoms with Gasteiger partial charge in [-0.1, -0.05) is 55.1 Å². The number of halogens is 4. The topological polar surface area (TPSA) is 79.8 Å². The Balaban J connectivity index is 1.62. The second-order valence-electron chi connectivity index (χ2n) is 6.35. The van der Waals surface area contributed by atoms with Crippen LogP contribution in [0.5, 0.6) is 5.75 Å². The maximum Gasteiger partial charge on any atom is 0.271 e. The number of hydrogen-bond acceptors (Lipinski definition) is 4. The first kappa shape index (κ1) is 24.3. The fourth-order valence-corrected chi connectivity index (χ4v) is 3.43. The van der Waals surface area contributed by atoms with Gasteiger partial charge in [0.15, 0.2) is 6.61 Å². The monoisotopic (exact) mass is 597 g/mol. The Kier molecular flexibility index (Phi) is 8.69. The SMILES string of the molecule is O=C(COc1ccc(Br)cc1/C=N/NC(=O)c1ccc(Br)cc1)Nc1ccc(Cl)c(Cl)c1. The molecule has 0 saturated carbocycles. The van der Waals surface area contributed by atoms with Gasteiger partial charge in [-0.2, -0.15) is 5.10 Å². The van der Waals surface area contributed by atoms with Gasteiger partial charge in [0.25, 0.3) is 11.8 Å². The molecule has 0 saturated heterocycles. The fourth-order valence-electron chi connectivity index (χ4n) is 2.49. The third-order valence-electron chi connectivity index (χ3n) is 4.01. The van der Waals surface area contributed by atoms with Gasteiger partial charge in [0.2, 0.25) is 0 Å². The predicted molar refractivity (Wildman–Crippen MR) is 134 cm³/mol. The van der Waals surface area contributed by atoms with Crippen molar-refractivity contribution < 1.29 is 14.3 Å². The summed E-state index contributed by atoms with van der Waals surface area (Å²) in [4.78, 5) is 24.4. The van der Waals surface area contributed by atoms with Crippen LogP contribution in [-0.2, 0) is 4.79 Å². The summed E-state index contributed by atoms with van der Waals surface area (Å²) in [6.45, 7) is -0.242. The Labute approximate surface area is 211 Å². The lowest BCUT2D eigenvalue weighted by Crippen LogP contribution is -2.20. The molecule has 3 aromatic rings. The van der Waals surface area contributed by atoms with Gasteiger partial charge < -0.3 is 10.1 Å². The van der Waals surface area contributed by atoms with Crippen molar-refractivity contribution in [3.8, 4) is 5.75 Å². The number of carbonyl (C=O) groups excluding carboxylic acids is 2. The van der Waals surface area contributed by atoms with Crippen LogP contribution in [0.2, 0.25) is 10.0 Å². The second kappa shape index (κ2) is 11.5. The van der Waals surface area contributed by atoms with Gasteiger partial charge in [0.05, 0.1) is 16.3 Å². The number of rotatable bonds is 7. The molecule has 0 radical (unpaired) electrons. The average molecular weight is 600 g/mol. The van der Waals surface area contributed by atoms with Crippen LogP contribution < -0.4 is 15.5 Å². The van der Waals surface area contributed by atoms with Crippen molar-refractivity contribution in [2.45, 2.75) is 0 Å². The van der Waals surface area contributed by atoms with Gasteiger partial charge in [-0.3, -0.25) is 9.59 Å². The number of anilines is 1. The van der Waals surface area contributed by atoms with Crippen LogP contribution >= 0.6 is 55.1 Å². The maximum atomic E-state index is 12.2. The van der Waals surface area contributed by atoms with Crippen molar-refractivity contribution in [3.05, 3.63) is 90.8 Å². The summed E-state index contributed by atoms with van der Waals surface area (Å²) in [5.41, 5.74) is 4.00. The summed E-state index contributed by atoms with van der Waals surface area (Å²) in [5, 5.41) is 7.40. The second-order valence-corrected chi connectivity index (χ2v) is 9.00. The molecule has 3 aromatic carbocycles. The minimum atomic E-state index is -0.377. The van der Waals surface area contributed by atoms with Gasteiger partial charge in [0, 0.05) is 25.8 Å². The van der Waals surface area contributed by atoms with E-state index in [0.29, 0.717) is 32.6 Å². The molecule has 0 unspecified atom stereocenters. The molecular weight excluding hydrogens is 585 g/mol. The van der Waals surface area contributed by atoms with Crippen molar-refractivity contribution >= 4 is 78.8 Å². The number of hydrogen-bond donors (Lipinski definition) is 2. The predicted octanol–water partition coefficient (Wildman–Crippen LogP) is 6.30. The average Bonchev–Trinajstić information content (AvgIpc) is 2.76. The summed E-state index contributed by atoms with van der Waals surface area (Å²) in [6, 6.07) is 16.9. The van der Waals surface area contributed by atoms with E-state index in [1.54, 1.807) is 60.7 Å². The van der Waals surface area contributed by atoms with Gasteiger partial charge in [-0.25, -0.2) is 5.43 Å². The molecule has 0 aliphatic heterocycles. The molecule has 2 amide bonds. The molecule has 3 rings (SSSR count). The van der Waals surface area contributed by atoms with Crippen molar-refractivity contribution in [1.82, 2.24) is 5.43 Å². The Morgan fingerprint density at radius 2 is 1.66 bits per heavy atom. The van der Waals surface area contributed by atoms with E-state index in [9.17, 15) is 9.59 Å². The minimum Gasteiger partial charge on any atom is -0.483 e.